The van der Waals surface area contributed by atoms with E-state index in [0.717, 1.165) is 51.4 Å². The van der Waals surface area contributed by atoms with E-state index in [1.165, 1.54) is 29.5 Å². The minimum Gasteiger partial charge on any atom is -0.356 e. The molecule has 2 aromatic rings. The highest BCUT2D eigenvalue weighted by molar-refractivity contribution is 5.77. The third-order valence-corrected chi connectivity index (χ3v) is 7.46. The highest BCUT2D eigenvalue weighted by Gasteiger charge is 2.45. The predicted molar refractivity (Wildman–Crippen MR) is 117 cm³/mol. The molecule has 4 heteroatoms. The van der Waals surface area contributed by atoms with Gasteiger partial charge in [0.05, 0.1) is 0 Å². The highest BCUT2D eigenvalue weighted by atomic mass is 19.1. The summed E-state index contributed by atoms with van der Waals surface area (Å²) in [6.45, 7) is 3.83. The number of carbonyl (C=O) groups is 1. The summed E-state index contributed by atoms with van der Waals surface area (Å²) in [5.41, 5.74) is 4.25. The van der Waals surface area contributed by atoms with Crippen LogP contribution in [0.1, 0.15) is 61.1 Å². The van der Waals surface area contributed by atoms with Gasteiger partial charge >= 0.3 is 0 Å². The summed E-state index contributed by atoms with van der Waals surface area (Å²) < 4.78 is 13.2. The van der Waals surface area contributed by atoms with Gasteiger partial charge in [-0.3, -0.25) is 9.69 Å². The van der Waals surface area contributed by atoms with Crippen molar-refractivity contribution in [2.24, 2.45) is 5.92 Å². The lowest BCUT2D eigenvalue weighted by Gasteiger charge is -2.40. The van der Waals surface area contributed by atoms with Crippen molar-refractivity contribution in [2.45, 2.75) is 56.4 Å². The van der Waals surface area contributed by atoms with Crippen molar-refractivity contribution < 1.29 is 9.18 Å². The van der Waals surface area contributed by atoms with Crippen LogP contribution in [-0.2, 0) is 16.8 Å². The third-order valence-electron chi connectivity index (χ3n) is 7.46. The molecule has 3 aliphatic rings. The van der Waals surface area contributed by atoms with E-state index in [2.05, 4.69) is 34.5 Å². The summed E-state index contributed by atoms with van der Waals surface area (Å²) in [6.07, 6.45) is 6.50. The van der Waals surface area contributed by atoms with Crippen LogP contribution in [0, 0.1) is 11.7 Å². The molecule has 1 spiro atoms. The summed E-state index contributed by atoms with van der Waals surface area (Å²) in [6, 6.07) is 15.7. The SMILES string of the molecule is O=C(C[C@H]1CC2(CCN(Cc3ccc(F)cc3)CC2)c2ccccc21)NCC1CC1. The molecule has 1 N–H and O–H groups in total. The van der Waals surface area contributed by atoms with E-state index in [1.807, 2.05) is 12.1 Å². The molecule has 2 aromatic carbocycles. The molecule has 0 bridgehead atoms. The van der Waals surface area contributed by atoms with Gasteiger partial charge in [-0.1, -0.05) is 36.4 Å². The Hall–Kier alpha value is -2.20. The van der Waals surface area contributed by atoms with E-state index >= 15 is 0 Å². The zero-order valence-electron chi connectivity index (χ0n) is 17.6. The van der Waals surface area contributed by atoms with Crippen molar-refractivity contribution in [3.8, 4) is 0 Å². The van der Waals surface area contributed by atoms with Gasteiger partial charge in [-0.05, 0) is 91.3 Å². The standard InChI is InChI=1S/C26H31FN2O/c27-22-9-7-20(8-10-22)18-29-13-11-26(12-14-29)16-21(23-3-1-2-4-24(23)26)15-25(30)28-17-19-5-6-19/h1-4,7-10,19,21H,5-6,11-18H2,(H,28,30)/t21-/m0/s1. The smallest absolute Gasteiger partial charge is 0.220 e. The van der Waals surface area contributed by atoms with Crippen LogP contribution >= 0.6 is 0 Å². The number of amides is 1. The van der Waals surface area contributed by atoms with E-state index < -0.39 is 0 Å². The van der Waals surface area contributed by atoms with Crippen LogP contribution in [0.25, 0.3) is 0 Å². The number of nitrogens with one attached hydrogen (secondary N) is 1. The lowest BCUT2D eigenvalue weighted by molar-refractivity contribution is -0.121. The van der Waals surface area contributed by atoms with E-state index in [-0.39, 0.29) is 17.1 Å². The van der Waals surface area contributed by atoms with E-state index in [0.29, 0.717) is 12.3 Å². The molecule has 1 aliphatic heterocycles. The molecule has 1 atom stereocenters. The van der Waals surface area contributed by atoms with Crippen LogP contribution < -0.4 is 5.32 Å². The molecule has 2 aliphatic carbocycles. The van der Waals surface area contributed by atoms with Crippen LogP contribution in [0.5, 0.6) is 0 Å². The third kappa shape index (κ3) is 4.15. The Kier molecular flexibility index (Phi) is 5.36. The number of benzene rings is 2. The maximum absolute atomic E-state index is 13.2. The number of fused-ring (bicyclic) bond motifs is 2. The number of likely N-dealkylation sites (tertiary alicyclic amines) is 1. The van der Waals surface area contributed by atoms with Crippen LogP contribution in [0.4, 0.5) is 4.39 Å². The number of hydrogen-bond acceptors (Lipinski definition) is 2. The van der Waals surface area contributed by atoms with Gasteiger partial charge in [-0.2, -0.15) is 0 Å². The van der Waals surface area contributed by atoms with Gasteiger partial charge < -0.3 is 5.32 Å². The first-order chi connectivity index (χ1) is 14.6. The van der Waals surface area contributed by atoms with Crippen molar-refractivity contribution in [3.63, 3.8) is 0 Å². The maximum atomic E-state index is 13.2. The maximum Gasteiger partial charge on any atom is 0.220 e. The molecule has 0 unspecified atom stereocenters. The highest BCUT2D eigenvalue weighted by Crippen LogP contribution is 2.52. The molecule has 1 heterocycles. The zero-order chi connectivity index (χ0) is 20.6. The average molecular weight is 407 g/mol. The van der Waals surface area contributed by atoms with Gasteiger partial charge in [0, 0.05) is 19.5 Å². The molecule has 158 valence electrons. The van der Waals surface area contributed by atoms with Gasteiger partial charge in [-0.25, -0.2) is 4.39 Å². The van der Waals surface area contributed by atoms with Crippen molar-refractivity contribution in [1.82, 2.24) is 10.2 Å². The van der Waals surface area contributed by atoms with Crippen LogP contribution in [-0.4, -0.2) is 30.4 Å². The van der Waals surface area contributed by atoms with Crippen LogP contribution in [0.15, 0.2) is 48.5 Å². The minimum atomic E-state index is -0.175. The lowest BCUT2D eigenvalue weighted by atomic mass is 9.73. The van der Waals surface area contributed by atoms with Gasteiger partial charge in [0.25, 0.3) is 0 Å². The Labute approximate surface area is 178 Å². The monoisotopic (exact) mass is 406 g/mol. The summed E-state index contributed by atoms with van der Waals surface area (Å²) in [4.78, 5) is 15.0. The Balaban J connectivity index is 1.24. The number of halogens is 1. The Morgan fingerprint density at radius 2 is 1.80 bits per heavy atom. The fraction of sp³-hybridized carbons (Fsp3) is 0.500. The molecular weight excluding hydrogens is 375 g/mol. The summed E-state index contributed by atoms with van der Waals surface area (Å²) in [5.74, 6) is 1.10. The quantitative estimate of drug-likeness (QED) is 0.750. The number of piperidine rings is 1. The molecule has 5 rings (SSSR count). The second kappa shape index (κ2) is 8.14. The summed E-state index contributed by atoms with van der Waals surface area (Å²) in [5, 5.41) is 3.16. The largest absolute Gasteiger partial charge is 0.356 e. The Morgan fingerprint density at radius 3 is 2.53 bits per heavy atom. The number of carbonyl (C=O) groups excluding carboxylic acids is 1. The minimum absolute atomic E-state index is 0.175. The second-order valence-corrected chi connectivity index (χ2v) is 9.62. The number of hydrogen-bond donors (Lipinski definition) is 1. The first-order valence-electron chi connectivity index (χ1n) is 11.4. The summed E-state index contributed by atoms with van der Waals surface area (Å²) in [7, 11) is 0. The molecule has 3 nitrogen and oxygen atoms in total. The van der Waals surface area contributed by atoms with Gasteiger partial charge in [-0.15, -0.1) is 0 Å². The molecule has 0 aromatic heterocycles. The van der Waals surface area contributed by atoms with Crippen molar-refractivity contribution in [2.75, 3.05) is 19.6 Å². The van der Waals surface area contributed by atoms with Crippen LogP contribution in [0.2, 0.25) is 0 Å². The fourth-order valence-corrected chi connectivity index (χ4v) is 5.55. The van der Waals surface area contributed by atoms with E-state index in [1.54, 1.807) is 12.1 Å². The summed E-state index contributed by atoms with van der Waals surface area (Å²) >= 11 is 0. The normalized spacial score (nSPS) is 22.8. The Morgan fingerprint density at radius 1 is 1.07 bits per heavy atom. The zero-order valence-corrected chi connectivity index (χ0v) is 17.6. The molecular formula is C26H31FN2O. The van der Waals surface area contributed by atoms with Crippen molar-refractivity contribution >= 4 is 5.91 Å². The fourth-order valence-electron chi connectivity index (χ4n) is 5.55. The Bertz CT molecular complexity index is 898. The van der Waals surface area contributed by atoms with E-state index in [9.17, 15) is 9.18 Å². The average Bonchev–Trinajstić information content (AvgIpc) is 3.55. The van der Waals surface area contributed by atoms with Crippen LogP contribution in [0.3, 0.4) is 0 Å². The van der Waals surface area contributed by atoms with Crippen molar-refractivity contribution in [1.29, 1.82) is 0 Å². The topological polar surface area (TPSA) is 32.3 Å². The van der Waals surface area contributed by atoms with Gasteiger partial charge in [0.15, 0.2) is 0 Å². The molecule has 0 radical (unpaired) electrons. The molecule has 1 saturated heterocycles. The molecule has 1 saturated carbocycles. The number of nitrogens with zero attached hydrogens (tertiary/aromatic N) is 1. The van der Waals surface area contributed by atoms with E-state index in [4.69, 9.17) is 0 Å². The predicted octanol–water partition coefficient (Wildman–Crippen LogP) is 4.76. The van der Waals surface area contributed by atoms with Gasteiger partial charge in [0.2, 0.25) is 5.91 Å². The molecule has 2 fully saturated rings. The van der Waals surface area contributed by atoms with Crippen molar-refractivity contribution in [3.05, 3.63) is 71.0 Å². The number of rotatable bonds is 6. The second-order valence-electron chi connectivity index (χ2n) is 9.62. The lowest BCUT2D eigenvalue weighted by Crippen LogP contribution is -2.41. The first kappa shape index (κ1) is 19.7. The first-order valence-corrected chi connectivity index (χ1v) is 11.4. The van der Waals surface area contributed by atoms with Gasteiger partial charge in [0.1, 0.15) is 5.82 Å². The molecule has 30 heavy (non-hydrogen) atoms. The molecule has 1 amide bonds.